The first kappa shape index (κ1) is 20.3. The van der Waals surface area contributed by atoms with E-state index >= 15 is 0 Å². The highest BCUT2D eigenvalue weighted by molar-refractivity contribution is 7.92. The number of hydrogen-bond acceptors (Lipinski definition) is 7. The van der Waals surface area contributed by atoms with Crippen LogP contribution in [0.25, 0.3) is 6.08 Å². The molecular formula is C17H15N3O5S2. The van der Waals surface area contributed by atoms with Crippen LogP contribution in [0.15, 0.2) is 47.2 Å². The smallest absolute Gasteiger partial charge is 0.321 e. The second-order valence-electron chi connectivity index (χ2n) is 5.06. The molecule has 0 saturated carbocycles. The average Bonchev–Trinajstić information content (AvgIpc) is 3.11. The van der Waals surface area contributed by atoms with Crippen LogP contribution in [0, 0.1) is 11.3 Å². The van der Waals surface area contributed by atoms with Gasteiger partial charge in [-0.25, -0.2) is 13.1 Å². The van der Waals surface area contributed by atoms with Gasteiger partial charge in [-0.1, -0.05) is 30.3 Å². The van der Waals surface area contributed by atoms with Crippen molar-refractivity contribution in [3.63, 3.8) is 0 Å². The zero-order chi connectivity index (χ0) is 19.7. The molecule has 0 aliphatic rings. The molecule has 2 rings (SSSR count). The molecule has 0 bridgehead atoms. The molecule has 0 atom stereocenters. The van der Waals surface area contributed by atoms with E-state index in [0.29, 0.717) is 16.1 Å². The fourth-order valence-corrected chi connectivity index (χ4v) is 3.30. The van der Waals surface area contributed by atoms with E-state index in [0.717, 1.165) is 16.7 Å². The summed E-state index contributed by atoms with van der Waals surface area (Å²) in [6.07, 6.45) is 1.38. The van der Waals surface area contributed by atoms with Gasteiger partial charge in [0.15, 0.2) is 6.61 Å². The van der Waals surface area contributed by atoms with Gasteiger partial charge in [0.05, 0.1) is 5.56 Å². The largest absolute Gasteiger partial charge is 0.455 e. The maximum absolute atomic E-state index is 11.8. The number of carbonyl (C=O) groups excluding carboxylic acids is 2. The molecule has 140 valence electrons. The van der Waals surface area contributed by atoms with Crippen molar-refractivity contribution >= 4 is 44.3 Å². The number of hydrogen-bond donors (Lipinski definition) is 2. The zero-order valence-electron chi connectivity index (χ0n) is 13.9. The number of nitriles is 1. The van der Waals surface area contributed by atoms with Gasteiger partial charge >= 0.3 is 5.97 Å². The minimum absolute atomic E-state index is 0.303. The van der Waals surface area contributed by atoms with Gasteiger partial charge in [-0.15, -0.1) is 11.3 Å². The monoisotopic (exact) mass is 405 g/mol. The molecule has 1 amide bonds. The number of carbonyl (C=O) groups is 2. The zero-order valence-corrected chi connectivity index (χ0v) is 15.5. The van der Waals surface area contributed by atoms with Crippen molar-refractivity contribution in [2.75, 3.05) is 18.5 Å². The number of thiophene rings is 1. The summed E-state index contributed by atoms with van der Waals surface area (Å²) in [6.45, 7) is -1.21. The first-order chi connectivity index (χ1) is 12.9. The molecule has 1 aromatic carbocycles. The standard InChI is InChI=1S/C17H15N3O5S2/c18-10-14-6-8-26-17(14)20-15(21)12-25-16(22)11-19-27(23,24)9-7-13-4-2-1-3-5-13/h1-9,19H,11-12H2,(H,20,21). The summed E-state index contributed by atoms with van der Waals surface area (Å²) in [4.78, 5) is 23.3. The van der Waals surface area contributed by atoms with E-state index in [1.54, 1.807) is 41.8 Å². The van der Waals surface area contributed by atoms with Gasteiger partial charge in [-0.3, -0.25) is 9.59 Å². The lowest BCUT2D eigenvalue weighted by Gasteiger charge is -2.06. The number of nitrogens with zero attached hydrogens (tertiary/aromatic N) is 1. The van der Waals surface area contributed by atoms with E-state index in [1.807, 2.05) is 6.07 Å². The molecule has 2 aromatic rings. The fraction of sp³-hybridized carbons (Fsp3) is 0.118. The normalized spacial score (nSPS) is 11.1. The topological polar surface area (TPSA) is 125 Å². The molecule has 27 heavy (non-hydrogen) atoms. The third-order valence-electron chi connectivity index (χ3n) is 3.06. The van der Waals surface area contributed by atoms with Crippen molar-refractivity contribution in [1.29, 1.82) is 5.26 Å². The quantitative estimate of drug-likeness (QED) is 0.644. The highest BCUT2D eigenvalue weighted by Gasteiger charge is 2.13. The van der Waals surface area contributed by atoms with E-state index < -0.39 is 35.1 Å². The summed E-state index contributed by atoms with van der Waals surface area (Å²) >= 11 is 1.16. The second-order valence-corrected chi connectivity index (χ2v) is 7.63. The summed E-state index contributed by atoms with van der Waals surface area (Å²) in [5, 5.41) is 14.2. The van der Waals surface area contributed by atoms with Gasteiger partial charge in [-0.05, 0) is 23.1 Å². The number of esters is 1. The fourth-order valence-electron chi connectivity index (χ4n) is 1.79. The van der Waals surface area contributed by atoms with E-state index in [1.165, 1.54) is 6.08 Å². The molecule has 0 fully saturated rings. The Labute approximate surface area is 160 Å². The minimum Gasteiger partial charge on any atom is -0.455 e. The third kappa shape index (κ3) is 7.02. The van der Waals surface area contributed by atoms with Gasteiger partial charge in [-0.2, -0.15) is 5.26 Å². The molecule has 0 saturated heterocycles. The van der Waals surface area contributed by atoms with E-state index in [-0.39, 0.29) is 0 Å². The van der Waals surface area contributed by atoms with Crippen LogP contribution in [-0.2, 0) is 24.3 Å². The molecule has 10 heteroatoms. The number of anilines is 1. The molecule has 0 aliphatic carbocycles. The number of rotatable bonds is 8. The Morgan fingerprint density at radius 1 is 1.22 bits per heavy atom. The Balaban J connectivity index is 1.76. The van der Waals surface area contributed by atoms with Crippen LogP contribution in [-0.4, -0.2) is 33.4 Å². The minimum atomic E-state index is -3.83. The maximum Gasteiger partial charge on any atom is 0.321 e. The van der Waals surface area contributed by atoms with Crippen molar-refractivity contribution in [3.8, 4) is 6.07 Å². The highest BCUT2D eigenvalue weighted by atomic mass is 32.2. The van der Waals surface area contributed by atoms with Gasteiger partial charge in [0.25, 0.3) is 5.91 Å². The molecule has 0 radical (unpaired) electrons. The van der Waals surface area contributed by atoms with Crippen LogP contribution >= 0.6 is 11.3 Å². The average molecular weight is 405 g/mol. The van der Waals surface area contributed by atoms with Crippen LogP contribution in [0.2, 0.25) is 0 Å². The summed E-state index contributed by atoms with van der Waals surface area (Å²) in [6, 6.07) is 12.2. The van der Waals surface area contributed by atoms with Crippen molar-refractivity contribution in [3.05, 3.63) is 58.3 Å². The van der Waals surface area contributed by atoms with Crippen LogP contribution in [0.5, 0.6) is 0 Å². The van der Waals surface area contributed by atoms with Crippen molar-refractivity contribution in [2.24, 2.45) is 0 Å². The van der Waals surface area contributed by atoms with Gasteiger partial charge in [0, 0.05) is 5.41 Å². The molecule has 0 aliphatic heterocycles. The number of nitrogens with one attached hydrogen (secondary N) is 2. The molecule has 1 aromatic heterocycles. The SMILES string of the molecule is N#Cc1ccsc1NC(=O)COC(=O)CNS(=O)(=O)C=Cc1ccccc1. The van der Waals surface area contributed by atoms with E-state index in [2.05, 4.69) is 10.0 Å². The lowest BCUT2D eigenvalue weighted by atomic mass is 10.2. The Bertz CT molecular complexity index is 975. The van der Waals surface area contributed by atoms with Crippen LogP contribution in [0.3, 0.4) is 0 Å². The molecule has 2 N–H and O–H groups in total. The first-order valence-corrected chi connectivity index (χ1v) is 9.98. The summed E-state index contributed by atoms with van der Waals surface area (Å²) < 4.78 is 30.4. The van der Waals surface area contributed by atoms with E-state index in [9.17, 15) is 18.0 Å². The van der Waals surface area contributed by atoms with E-state index in [4.69, 9.17) is 10.00 Å². The number of ether oxygens (including phenoxy) is 1. The summed E-state index contributed by atoms with van der Waals surface area (Å²) in [5.41, 5.74) is 0.991. The first-order valence-electron chi connectivity index (χ1n) is 7.55. The van der Waals surface area contributed by atoms with Crippen LogP contribution in [0.1, 0.15) is 11.1 Å². The van der Waals surface area contributed by atoms with Crippen LogP contribution in [0.4, 0.5) is 5.00 Å². The summed E-state index contributed by atoms with van der Waals surface area (Å²) in [7, 11) is -3.83. The molecular weight excluding hydrogens is 390 g/mol. The van der Waals surface area contributed by atoms with Gasteiger partial charge in [0.2, 0.25) is 10.0 Å². The second kappa shape index (κ2) is 9.63. The predicted molar refractivity (Wildman–Crippen MR) is 101 cm³/mol. The number of amides is 1. The number of benzene rings is 1. The molecule has 1 heterocycles. The third-order valence-corrected chi connectivity index (χ3v) is 4.93. The van der Waals surface area contributed by atoms with Crippen LogP contribution < -0.4 is 10.0 Å². The Kier molecular flexibility index (Phi) is 7.25. The Morgan fingerprint density at radius 2 is 1.96 bits per heavy atom. The lowest BCUT2D eigenvalue weighted by Crippen LogP contribution is -2.31. The Hall–Kier alpha value is -3.00. The predicted octanol–water partition coefficient (Wildman–Crippen LogP) is 1.69. The lowest BCUT2D eigenvalue weighted by molar-refractivity contribution is -0.146. The molecule has 8 nitrogen and oxygen atoms in total. The molecule has 0 unspecified atom stereocenters. The Morgan fingerprint density at radius 3 is 2.67 bits per heavy atom. The molecule has 0 spiro atoms. The summed E-state index contributed by atoms with van der Waals surface area (Å²) in [5.74, 6) is -1.54. The van der Waals surface area contributed by atoms with Crippen molar-refractivity contribution in [1.82, 2.24) is 4.72 Å². The van der Waals surface area contributed by atoms with Crippen molar-refractivity contribution < 1.29 is 22.7 Å². The number of sulfonamides is 1. The highest BCUT2D eigenvalue weighted by Crippen LogP contribution is 2.21. The van der Waals surface area contributed by atoms with Gasteiger partial charge in [0.1, 0.15) is 17.6 Å². The maximum atomic E-state index is 11.8. The van der Waals surface area contributed by atoms with Gasteiger partial charge < -0.3 is 10.1 Å². The van der Waals surface area contributed by atoms with Crippen molar-refractivity contribution in [2.45, 2.75) is 0 Å².